The number of thiophene rings is 1. The molecule has 1 aromatic carbocycles. The third-order valence-electron chi connectivity index (χ3n) is 3.89. The molecule has 2 rings (SSSR count). The number of benzene rings is 1. The Morgan fingerprint density at radius 2 is 1.89 bits per heavy atom. The summed E-state index contributed by atoms with van der Waals surface area (Å²) in [5.41, 5.74) is 1.99. The zero-order valence-corrected chi connectivity index (χ0v) is 16.3. The number of hydrogen-bond acceptors (Lipinski definition) is 5. The van der Waals surface area contributed by atoms with Crippen LogP contribution in [0.25, 0.3) is 10.4 Å². The van der Waals surface area contributed by atoms with Gasteiger partial charge in [0.05, 0.1) is 18.6 Å². The number of carbonyl (C=O) groups excluding carboxylic acids is 2. The number of rotatable bonds is 7. The Morgan fingerprint density at radius 3 is 2.48 bits per heavy atom. The van der Waals surface area contributed by atoms with Crippen molar-refractivity contribution in [1.29, 1.82) is 0 Å². The maximum Gasteiger partial charge on any atom is 0.341 e. The van der Waals surface area contributed by atoms with Crippen molar-refractivity contribution in [3.8, 4) is 10.4 Å². The average Bonchev–Trinajstić information content (AvgIpc) is 2.96. The largest absolute Gasteiger partial charge is 0.481 e. The molecule has 0 aliphatic heterocycles. The number of hydrogen-bond donors (Lipinski definition) is 2. The molecule has 8 heteroatoms. The van der Waals surface area contributed by atoms with Crippen molar-refractivity contribution in [3.63, 3.8) is 0 Å². The normalized spacial score (nSPS) is 10.3. The molecular formula is C19H22N2O5S. The van der Waals surface area contributed by atoms with Gasteiger partial charge >= 0.3 is 18.0 Å². The summed E-state index contributed by atoms with van der Waals surface area (Å²) in [7, 11) is 1.50. The second kappa shape index (κ2) is 9.18. The van der Waals surface area contributed by atoms with Crippen LogP contribution in [0.1, 0.15) is 29.3 Å². The summed E-state index contributed by atoms with van der Waals surface area (Å²) in [4.78, 5) is 37.6. The standard InChI is InChI=1S/C19H22N2O5S/c1-4-26-18(24)15-12(2)16(13-8-6-5-7-9-13)27-17(15)20-19(25)21(3)11-10-14(22)23/h5-9H,4,10-11H2,1-3H3,(H,20,25)(H,22,23). The van der Waals surface area contributed by atoms with Gasteiger partial charge in [0.15, 0.2) is 0 Å². The fourth-order valence-electron chi connectivity index (χ4n) is 2.47. The third-order valence-corrected chi connectivity index (χ3v) is 5.15. The predicted molar refractivity (Wildman–Crippen MR) is 104 cm³/mol. The number of nitrogens with one attached hydrogen (secondary N) is 1. The van der Waals surface area contributed by atoms with Crippen LogP contribution in [-0.4, -0.2) is 48.2 Å². The minimum atomic E-state index is -0.986. The number of urea groups is 1. The highest BCUT2D eigenvalue weighted by Crippen LogP contribution is 2.40. The van der Waals surface area contributed by atoms with E-state index in [1.807, 2.05) is 37.3 Å². The van der Waals surface area contributed by atoms with E-state index in [9.17, 15) is 14.4 Å². The summed E-state index contributed by atoms with van der Waals surface area (Å²) in [5.74, 6) is -1.49. The molecule has 0 aliphatic rings. The maximum absolute atomic E-state index is 12.4. The Kier molecular flexibility index (Phi) is 6.95. The van der Waals surface area contributed by atoms with E-state index in [4.69, 9.17) is 9.84 Å². The zero-order valence-electron chi connectivity index (χ0n) is 15.4. The van der Waals surface area contributed by atoms with Crippen LogP contribution in [0, 0.1) is 6.92 Å². The summed E-state index contributed by atoms with van der Waals surface area (Å²) in [6.45, 7) is 3.82. The van der Waals surface area contributed by atoms with E-state index in [1.54, 1.807) is 6.92 Å². The molecule has 2 amide bonds. The number of carboxylic acid groups (broad SMARTS) is 1. The third kappa shape index (κ3) is 5.07. The molecular weight excluding hydrogens is 368 g/mol. The van der Waals surface area contributed by atoms with Gasteiger partial charge in [-0.3, -0.25) is 10.1 Å². The minimum Gasteiger partial charge on any atom is -0.481 e. The maximum atomic E-state index is 12.4. The Hall–Kier alpha value is -2.87. The fourth-order valence-corrected chi connectivity index (χ4v) is 3.66. The monoisotopic (exact) mass is 390 g/mol. The summed E-state index contributed by atoms with van der Waals surface area (Å²) in [5, 5.41) is 11.9. The topological polar surface area (TPSA) is 95.9 Å². The lowest BCUT2D eigenvalue weighted by molar-refractivity contribution is -0.137. The fraction of sp³-hybridized carbons (Fsp3) is 0.316. The second-order valence-corrected chi connectivity index (χ2v) is 6.86. The number of anilines is 1. The molecule has 0 unspecified atom stereocenters. The number of aliphatic carboxylic acids is 1. The number of ether oxygens (including phenoxy) is 1. The molecule has 0 bridgehead atoms. The summed E-state index contributed by atoms with van der Waals surface area (Å²) < 4.78 is 5.14. The highest BCUT2D eigenvalue weighted by molar-refractivity contribution is 7.20. The molecule has 7 nitrogen and oxygen atoms in total. The molecule has 0 fully saturated rings. The number of nitrogens with zero attached hydrogens (tertiary/aromatic N) is 1. The lowest BCUT2D eigenvalue weighted by atomic mass is 10.1. The first-order valence-corrected chi connectivity index (χ1v) is 9.26. The van der Waals surface area contributed by atoms with Crippen LogP contribution in [0.4, 0.5) is 9.80 Å². The van der Waals surface area contributed by atoms with Crippen LogP contribution in [0.2, 0.25) is 0 Å². The molecule has 1 heterocycles. The van der Waals surface area contributed by atoms with Crippen molar-refractivity contribution in [1.82, 2.24) is 4.90 Å². The number of carboxylic acids is 1. The Balaban J connectivity index is 2.35. The smallest absolute Gasteiger partial charge is 0.341 e. The Labute approximate surface area is 161 Å². The van der Waals surface area contributed by atoms with Gasteiger partial charge in [-0.25, -0.2) is 9.59 Å². The second-order valence-electron chi connectivity index (χ2n) is 5.84. The van der Waals surface area contributed by atoms with E-state index in [2.05, 4.69) is 5.32 Å². The lowest BCUT2D eigenvalue weighted by Crippen LogP contribution is -2.33. The summed E-state index contributed by atoms with van der Waals surface area (Å²) >= 11 is 1.29. The van der Waals surface area contributed by atoms with Crippen molar-refractivity contribution >= 4 is 34.3 Å². The highest BCUT2D eigenvalue weighted by atomic mass is 32.1. The first kappa shape index (κ1) is 20.4. The molecule has 0 saturated heterocycles. The van der Waals surface area contributed by atoms with Gasteiger partial charge in [-0.1, -0.05) is 30.3 Å². The van der Waals surface area contributed by atoms with Crippen molar-refractivity contribution in [3.05, 3.63) is 41.5 Å². The van der Waals surface area contributed by atoms with Crippen molar-refractivity contribution in [2.45, 2.75) is 20.3 Å². The molecule has 0 aliphatic carbocycles. The van der Waals surface area contributed by atoms with E-state index in [1.165, 1.54) is 23.3 Å². The van der Waals surface area contributed by atoms with E-state index >= 15 is 0 Å². The van der Waals surface area contributed by atoms with Crippen LogP contribution in [0.3, 0.4) is 0 Å². The molecule has 0 saturated carbocycles. The van der Waals surface area contributed by atoms with Crippen molar-refractivity contribution in [2.24, 2.45) is 0 Å². The van der Waals surface area contributed by atoms with Crippen molar-refractivity contribution in [2.75, 3.05) is 25.5 Å². The van der Waals surface area contributed by atoms with E-state index < -0.39 is 18.0 Å². The summed E-state index contributed by atoms with van der Waals surface area (Å²) in [6, 6.07) is 9.07. The molecule has 144 valence electrons. The Bertz CT molecular complexity index is 832. The lowest BCUT2D eigenvalue weighted by Gasteiger charge is -2.16. The van der Waals surface area contributed by atoms with Gasteiger partial charge in [-0.2, -0.15) is 0 Å². The minimum absolute atomic E-state index is 0.0613. The molecule has 0 radical (unpaired) electrons. The van der Waals surface area contributed by atoms with E-state index in [-0.39, 0.29) is 19.6 Å². The first-order valence-electron chi connectivity index (χ1n) is 8.45. The van der Waals surface area contributed by atoms with Crippen LogP contribution in [0.15, 0.2) is 30.3 Å². The van der Waals surface area contributed by atoms with Crippen LogP contribution < -0.4 is 5.32 Å². The number of amides is 2. The Morgan fingerprint density at radius 1 is 1.22 bits per heavy atom. The quantitative estimate of drug-likeness (QED) is 0.700. The van der Waals surface area contributed by atoms with Gasteiger partial charge in [0.25, 0.3) is 0 Å². The molecule has 1 aromatic heterocycles. The predicted octanol–water partition coefficient (Wildman–Crippen LogP) is 3.84. The van der Waals surface area contributed by atoms with E-state index in [0.717, 1.165) is 16.0 Å². The van der Waals surface area contributed by atoms with Crippen LogP contribution in [0.5, 0.6) is 0 Å². The summed E-state index contributed by atoms with van der Waals surface area (Å²) in [6.07, 6.45) is -0.159. The molecule has 0 atom stereocenters. The van der Waals surface area contributed by atoms with E-state index in [0.29, 0.717) is 10.6 Å². The molecule has 27 heavy (non-hydrogen) atoms. The highest BCUT2D eigenvalue weighted by Gasteiger charge is 2.25. The van der Waals surface area contributed by atoms with Gasteiger partial charge in [0.1, 0.15) is 5.00 Å². The SMILES string of the molecule is CCOC(=O)c1c(NC(=O)N(C)CCC(=O)O)sc(-c2ccccc2)c1C. The zero-order chi connectivity index (χ0) is 20.0. The molecule has 2 aromatic rings. The van der Waals surface area contributed by atoms with Gasteiger partial charge in [0.2, 0.25) is 0 Å². The molecule has 0 spiro atoms. The van der Waals surface area contributed by atoms with Gasteiger partial charge in [-0.15, -0.1) is 11.3 Å². The first-order chi connectivity index (χ1) is 12.8. The van der Waals surface area contributed by atoms with Crippen LogP contribution >= 0.6 is 11.3 Å². The average molecular weight is 390 g/mol. The number of carbonyl (C=O) groups is 3. The van der Waals surface area contributed by atoms with Gasteiger partial charge < -0.3 is 14.7 Å². The van der Waals surface area contributed by atoms with Gasteiger partial charge in [0, 0.05) is 18.5 Å². The molecule has 2 N–H and O–H groups in total. The van der Waals surface area contributed by atoms with Gasteiger partial charge in [-0.05, 0) is 25.0 Å². The van der Waals surface area contributed by atoms with Crippen LogP contribution in [-0.2, 0) is 9.53 Å². The number of esters is 1. The van der Waals surface area contributed by atoms with Crippen molar-refractivity contribution < 1.29 is 24.2 Å².